The third-order valence-corrected chi connectivity index (χ3v) is 4.15. The minimum atomic E-state index is -0.453. The third-order valence-electron chi connectivity index (χ3n) is 4.15. The van der Waals surface area contributed by atoms with Gasteiger partial charge in [-0.25, -0.2) is 0 Å². The monoisotopic (exact) mass is 385 g/mol. The molecule has 158 valence electrons. The fraction of sp³-hybridized carbons (Fsp3) is 0.810. The van der Waals surface area contributed by atoms with Crippen molar-refractivity contribution in [1.82, 2.24) is 0 Å². The van der Waals surface area contributed by atoms with E-state index >= 15 is 0 Å². The van der Waals surface area contributed by atoms with Crippen molar-refractivity contribution in [3.05, 3.63) is 12.3 Å². The van der Waals surface area contributed by atoms with Crippen molar-refractivity contribution >= 4 is 12.3 Å². The molecule has 27 heavy (non-hydrogen) atoms. The number of nitrogens with two attached hydrogens (primary N) is 1. The van der Waals surface area contributed by atoms with E-state index in [1.54, 1.807) is 0 Å². The topological polar surface area (TPSA) is 87.9 Å². The van der Waals surface area contributed by atoms with Gasteiger partial charge in [-0.3, -0.25) is 4.79 Å². The Kier molecular flexibility index (Phi) is 13.0. The number of carbonyl (C=O) groups excluding carboxylic acids is 2. The Balaban J connectivity index is 4.32. The molecule has 6 heteroatoms. The number of unbranched alkanes of at least 4 members (excludes halogenated alkanes) is 3. The van der Waals surface area contributed by atoms with Crippen molar-refractivity contribution in [3.63, 3.8) is 0 Å². The lowest BCUT2D eigenvalue weighted by Crippen LogP contribution is -2.44. The van der Waals surface area contributed by atoms with Gasteiger partial charge in [0.2, 0.25) is 0 Å². The summed E-state index contributed by atoms with van der Waals surface area (Å²) in [7, 11) is 1.40. The maximum atomic E-state index is 11.2. The van der Waals surface area contributed by atoms with E-state index in [1.165, 1.54) is 7.11 Å². The Morgan fingerprint density at radius 3 is 2.26 bits per heavy atom. The molecule has 0 bridgehead atoms. The molecule has 0 saturated carbocycles. The SMILES string of the molecule is C=C(CCOCC(N)(CCCCC=O)CCCCC(=O)OC)OC(C)(C)C. The van der Waals surface area contributed by atoms with Crippen LogP contribution in [-0.4, -0.2) is 43.7 Å². The van der Waals surface area contributed by atoms with Crippen LogP contribution in [0.15, 0.2) is 12.3 Å². The van der Waals surface area contributed by atoms with E-state index in [4.69, 9.17) is 15.2 Å². The fourth-order valence-corrected chi connectivity index (χ4v) is 2.77. The number of rotatable bonds is 16. The van der Waals surface area contributed by atoms with E-state index in [9.17, 15) is 9.59 Å². The van der Waals surface area contributed by atoms with Crippen molar-refractivity contribution in [2.75, 3.05) is 20.3 Å². The van der Waals surface area contributed by atoms with Gasteiger partial charge in [-0.15, -0.1) is 0 Å². The first kappa shape index (κ1) is 25.6. The highest BCUT2D eigenvalue weighted by atomic mass is 16.5. The van der Waals surface area contributed by atoms with Crippen LogP contribution in [0.2, 0.25) is 0 Å². The molecule has 0 aliphatic rings. The Hall–Kier alpha value is -1.40. The second-order valence-electron chi connectivity index (χ2n) is 8.11. The quantitative estimate of drug-likeness (QED) is 0.188. The standard InChI is InChI=1S/C21H39NO5/c1-18(27-20(2,3)4)12-16-26-17-21(22,13-8-6-10-15-23)14-9-7-11-19(24)25-5/h15H,1,6-14,16-17,22H2,2-5H3. The van der Waals surface area contributed by atoms with E-state index in [1.807, 2.05) is 20.8 Å². The molecule has 0 aromatic rings. The average molecular weight is 386 g/mol. The maximum absolute atomic E-state index is 11.2. The number of hydrogen-bond acceptors (Lipinski definition) is 6. The van der Waals surface area contributed by atoms with Crippen molar-refractivity contribution in [2.24, 2.45) is 5.73 Å². The minimum absolute atomic E-state index is 0.197. The van der Waals surface area contributed by atoms with Crippen LogP contribution in [-0.2, 0) is 23.8 Å². The molecule has 0 aliphatic heterocycles. The largest absolute Gasteiger partial charge is 0.493 e. The normalized spacial score (nSPS) is 13.7. The second kappa shape index (κ2) is 13.7. The highest BCUT2D eigenvalue weighted by Crippen LogP contribution is 2.21. The summed E-state index contributed by atoms with van der Waals surface area (Å²) in [4.78, 5) is 21.7. The van der Waals surface area contributed by atoms with Crippen LogP contribution in [0.1, 0.15) is 78.6 Å². The lowest BCUT2D eigenvalue weighted by atomic mass is 9.88. The summed E-state index contributed by atoms with van der Waals surface area (Å²) in [6, 6.07) is 0. The lowest BCUT2D eigenvalue weighted by Gasteiger charge is -2.30. The van der Waals surface area contributed by atoms with Crippen LogP contribution in [0, 0.1) is 0 Å². The number of hydrogen-bond donors (Lipinski definition) is 1. The fourth-order valence-electron chi connectivity index (χ4n) is 2.77. The molecule has 0 fully saturated rings. The molecule has 0 rings (SSSR count). The lowest BCUT2D eigenvalue weighted by molar-refractivity contribution is -0.140. The Bertz CT molecular complexity index is 444. The predicted octanol–water partition coefficient (Wildman–Crippen LogP) is 3.91. The maximum Gasteiger partial charge on any atom is 0.305 e. The molecule has 1 atom stereocenters. The molecule has 0 spiro atoms. The van der Waals surface area contributed by atoms with Gasteiger partial charge in [-0.1, -0.05) is 19.4 Å². The van der Waals surface area contributed by atoms with Gasteiger partial charge in [0.15, 0.2) is 0 Å². The summed E-state index contributed by atoms with van der Waals surface area (Å²) in [5.74, 6) is 0.506. The van der Waals surface area contributed by atoms with Crippen LogP contribution in [0.3, 0.4) is 0 Å². The summed E-state index contributed by atoms with van der Waals surface area (Å²) in [5.41, 5.74) is 5.85. The second-order valence-corrected chi connectivity index (χ2v) is 8.11. The molecule has 0 aromatic heterocycles. The molecular weight excluding hydrogens is 346 g/mol. The molecule has 1 unspecified atom stereocenters. The summed E-state index contributed by atoms with van der Waals surface area (Å²) in [6.07, 6.45) is 7.39. The van der Waals surface area contributed by atoms with Crippen LogP contribution in [0.25, 0.3) is 0 Å². The third kappa shape index (κ3) is 15.4. The zero-order chi connectivity index (χ0) is 20.8. The molecule has 0 heterocycles. The molecule has 6 nitrogen and oxygen atoms in total. The Labute approximate surface area is 164 Å². The first-order valence-electron chi connectivity index (χ1n) is 9.86. The van der Waals surface area contributed by atoms with E-state index in [-0.39, 0.29) is 11.6 Å². The van der Waals surface area contributed by atoms with Gasteiger partial charge < -0.3 is 24.7 Å². The average Bonchev–Trinajstić information content (AvgIpc) is 2.58. The highest BCUT2D eigenvalue weighted by Gasteiger charge is 2.24. The molecule has 0 saturated heterocycles. The Morgan fingerprint density at radius 2 is 1.70 bits per heavy atom. The van der Waals surface area contributed by atoms with Crippen molar-refractivity contribution in [1.29, 1.82) is 0 Å². The van der Waals surface area contributed by atoms with Gasteiger partial charge in [-0.05, 0) is 46.5 Å². The zero-order valence-corrected chi connectivity index (χ0v) is 17.7. The number of carbonyl (C=O) groups is 2. The van der Waals surface area contributed by atoms with Gasteiger partial charge in [0.25, 0.3) is 0 Å². The number of methoxy groups -OCH3 is 1. The van der Waals surface area contributed by atoms with Gasteiger partial charge in [0.05, 0.1) is 26.1 Å². The summed E-state index contributed by atoms with van der Waals surface area (Å²) >= 11 is 0. The summed E-state index contributed by atoms with van der Waals surface area (Å²) in [6.45, 7) is 10.8. The van der Waals surface area contributed by atoms with E-state index in [2.05, 4.69) is 11.3 Å². The number of ether oxygens (including phenoxy) is 3. The molecule has 0 amide bonds. The molecule has 0 aromatic carbocycles. The molecule has 0 radical (unpaired) electrons. The molecular formula is C21H39NO5. The van der Waals surface area contributed by atoms with Gasteiger partial charge in [0.1, 0.15) is 11.9 Å². The minimum Gasteiger partial charge on any atom is -0.493 e. The molecule has 2 N–H and O–H groups in total. The van der Waals surface area contributed by atoms with E-state index < -0.39 is 5.54 Å². The van der Waals surface area contributed by atoms with Gasteiger partial charge in [0, 0.05) is 24.8 Å². The van der Waals surface area contributed by atoms with E-state index in [0.717, 1.165) is 44.8 Å². The zero-order valence-electron chi connectivity index (χ0n) is 17.7. The smallest absolute Gasteiger partial charge is 0.305 e. The van der Waals surface area contributed by atoms with Crippen LogP contribution >= 0.6 is 0 Å². The predicted molar refractivity (Wildman–Crippen MR) is 107 cm³/mol. The molecule has 0 aliphatic carbocycles. The van der Waals surface area contributed by atoms with E-state index in [0.29, 0.717) is 38.2 Å². The van der Waals surface area contributed by atoms with Crippen LogP contribution in [0.4, 0.5) is 0 Å². The summed E-state index contributed by atoms with van der Waals surface area (Å²) in [5, 5.41) is 0. The number of aldehydes is 1. The van der Waals surface area contributed by atoms with Crippen molar-refractivity contribution in [3.8, 4) is 0 Å². The van der Waals surface area contributed by atoms with Crippen molar-refractivity contribution in [2.45, 2.75) is 89.7 Å². The van der Waals surface area contributed by atoms with Crippen LogP contribution in [0.5, 0.6) is 0 Å². The first-order valence-corrected chi connectivity index (χ1v) is 9.86. The summed E-state index contributed by atoms with van der Waals surface area (Å²) < 4.78 is 16.2. The van der Waals surface area contributed by atoms with Gasteiger partial charge >= 0.3 is 5.97 Å². The van der Waals surface area contributed by atoms with Crippen molar-refractivity contribution < 1.29 is 23.8 Å². The first-order chi connectivity index (χ1) is 12.6. The Morgan fingerprint density at radius 1 is 1.07 bits per heavy atom. The highest BCUT2D eigenvalue weighted by molar-refractivity contribution is 5.68. The van der Waals surface area contributed by atoms with Crippen LogP contribution < -0.4 is 5.73 Å². The number of esters is 1. The van der Waals surface area contributed by atoms with Gasteiger partial charge in [-0.2, -0.15) is 0 Å².